The first kappa shape index (κ1) is 14.9. The largest absolute Gasteiger partial charge is 0.493 e. The number of benzene rings is 1. The highest BCUT2D eigenvalue weighted by Gasteiger charge is 2.23. The molecule has 0 spiro atoms. The molecule has 20 heavy (non-hydrogen) atoms. The number of furan rings is 1. The Hall–Kier alpha value is -1.55. The highest BCUT2D eigenvalue weighted by atomic mass is 79.9. The van der Waals surface area contributed by atoms with Crippen LogP contribution >= 0.6 is 15.9 Å². The smallest absolute Gasteiger partial charge is 0.200 e. The van der Waals surface area contributed by atoms with Gasteiger partial charge in [-0.05, 0) is 45.9 Å². The number of halogens is 1. The highest BCUT2D eigenvalue weighted by molar-refractivity contribution is 9.10. The van der Waals surface area contributed by atoms with Gasteiger partial charge in [0.2, 0.25) is 5.78 Å². The van der Waals surface area contributed by atoms with Crippen LogP contribution in [-0.4, -0.2) is 12.4 Å². The van der Waals surface area contributed by atoms with Crippen molar-refractivity contribution in [3.8, 4) is 5.75 Å². The lowest BCUT2D eigenvalue weighted by molar-refractivity contribution is 0.103. The first-order chi connectivity index (χ1) is 9.45. The predicted molar refractivity (Wildman–Crippen MR) is 81.7 cm³/mol. The van der Waals surface area contributed by atoms with E-state index in [4.69, 9.17) is 9.15 Å². The first-order valence-electron chi connectivity index (χ1n) is 6.49. The molecular weight excluding hydrogens is 320 g/mol. The number of hydrogen-bond acceptors (Lipinski definition) is 3. The average Bonchev–Trinajstić information content (AvgIpc) is 2.65. The average molecular weight is 337 g/mol. The van der Waals surface area contributed by atoms with Gasteiger partial charge in [-0.15, -0.1) is 0 Å². The molecular formula is C16H17BrO3. The molecule has 0 atom stereocenters. The molecule has 0 N–H and O–H groups in total. The Labute approximate surface area is 127 Å². The summed E-state index contributed by atoms with van der Waals surface area (Å²) < 4.78 is 11.9. The SMILES string of the molecule is CCOc1ccc(Br)cc1C(=O)c1c(C)oc(C)c1C. The van der Waals surface area contributed by atoms with E-state index in [2.05, 4.69) is 15.9 Å². The second kappa shape index (κ2) is 5.83. The van der Waals surface area contributed by atoms with Crippen molar-refractivity contribution in [2.75, 3.05) is 6.61 Å². The van der Waals surface area contributed by atoms with Crippen LogP contribution < -0.4 is 4.74 Å². The maximum absolute atomic E-state index is 12.8. The molecule has 2 aromatic rings. The van der Waals surface area contributed by atoms with Crippen LogP contribution in [0.3, 0.4) is 0 Å². The van der Waals surface area contributed by atoms with Gasteiger partial charge in [-0.25, -0.2) is 0 Å². The molecule has 1 aromatic carbocycles. The van der Waals surface area contributed by atoms with Crippen molar-refractivity contribution in [1.82, 2.24) is 0 Å². The number of aryl methyl sites for hydroxylation is 2. The molecule has 1 heterocycles. The van der Waals surface area contributed by atoms with Crippen molar-refractivity contribution >= 4 is 21.7 Å². The van der Waals surface area contributed by atoms with Gasteiger partial charge in [0.1, 0.15) is 17.3 Å². The molecule has 3 nitrogen and oxygen atoms in total. The van der Waals surface area contributed by atoms with Crippen molar-refractivity contribution in [3.05, 3.63) is 50.9 Å². The molecule has 0 aliphatic carbocycles. The van der Waals surface area contributed by atoms with Crippen molar-refractivity contribution in [2.24, 2.45) is 0 Å². The van der Waals surface area contributed by atoms with Crippen LogP contribution in [0, 0.1) is 20.8 Å². The number of rotatable bonds is 4. The summed E-state index contributed by atoms with van der Waals surface area (Å²) in [5, 5.41) is 0. The Morgan fingerprint density at radius 3 is 2.50 bits per heavy atom. The first-order valence-corrected chi connectivity index (χ1v) is 7.28. The third kappa shape index (κ3) is 2.66. The normalized spacial score (nSPS) is 10.7. The van der Waals surface area contributed by atoms with Gasteiger partial charge in [0, 0.05) is 10.0 Å². The van der Waals surface area contributed by atoms with Crippen molar-refractivity contribution < 1.29 is 13.9 Å². The quantitative estimate of drug-likeness (QED) is 0.766. The highest BCUT2D eigenvalue weighted by Crippen LogP contribution is 2.30. The Kier molecular flexibility index (Phi) is 4.33. The monoisotopic (exact) mass is 336 g/mol. The lowest BCUT2D eigenvalue weighted by Gasteiger charge is -2.10. The zero-order valence-electron chi connectivity index (χ0n) is 12.0. The molecule has 0 amide bonds. The van der Waals surface area contributed by atoms with Crippen molar-refractivity contribution in [1.29, 1.82) is 0 Å². The van der Waals surface area contributed by atoms with E-state index in [1.165, 1.54) is 0 Å². The molecule has 0 radical (unpaired) electrons. The molecule has 0 saturated heterocycles. The summed E-state index contributed by atoms with van der Waals surface area (Å²) in [6.07, 6.45) is 0. The van der Waals surface area contributed by atoms with Gasteiger partial charge in [0.15, 0.2) is 0 Å². The summed E-state index contributed by atoms with van der Waals surface area (Å²) in [5.74, 6) is 1.95. The number of hydrogen-bond donors (Lipinski definition) is 0. The summed E-state index contributed by atoms with van der Waals surface area (Å²) in [6, 6.07) is 5.45. The van der Waals surface area contributed by atoms with E-state index in [1.807, 2.05) is 33.8 Å². The maximum Gasteiger partial charge on any atom is 0.200 e. The van der Waals surface area contributed by atoms with Gasteiger partial charge in [0.25, 0.3) is 0 Å². The topological polar surface area (TPSA) is 39.4 Å². The molecule has 106 valence electrons. The minimum absolute atomic E-state index is 0.0680. The van der Waals surface area contributed by atoms with E-state index in [9.17, 15) is 4.79 Å². The van der Waals surface area contributed by atoms with Gasteiger partial charge < -0.3 is 9.15 Å². The Morgan fingerprint density at radius 2 is 1.95 bits per heavy atom. The Bertz CT molecular complexity index is 656. The third-order valence-corrected chi connectivity index (χ3v) is 3.77. The van der Waals surface area contributed by atoms with Gasteiger partial charge >= 0.3 is 0 Å². The Balaban J connectivity index is 2.55. The van der Waals surface area contributed by atoms with Crippen LogP contribution in [0.4, 0.5) is 0 Å². The van der Waals surface area contributed by atoms with Gasteiger partial charge in [-0.2, -0.15) is 0 Å². The summed E-state index contributed by atoms with van der Waals surface area (Å²) >= 11 is 3.40. The van der Waals surface area contributed by atoms with E-state index in [0.717, 1.165) is 15.8 Å². The second-order valence-electron chi connectivity index (χ2n) is 4.62. The third-order valence-electron chi connectivity index (χ3n) is 3.27. The number of carbonyl (C=O) groups excluding carboxylic acids is 1. The van der Waals surface area contributed by atoms with E-state index in [1.54, 1.807) is 12.1 Å². The minimum Gasteiger partial charge on any atom is -0.493 e. The van der Waals surface area contributed by atoms with Crippen molar-refractivity contribution in [2.45, 2.75) is 27.7 Å². The van der Waals surface area contributed by atoms with Crippen LogP contribution in [0.25, 0.3) is 0 Å². The summed E-state index contributed by atoms with van der Waals surface area (Å²) in [7, 11) is 0. The molecule has 4 heteroatoms. The van der Waals surface area contributed by atoms with Crippen molar-refractivity contribution in [3.63, 3.8) is 0 Å². The maximum atomic E-state index is 12.8. The molecule has 0 fully saturated rings. The predicted octanol–water partition coefficient (Wildman–Crippen LogP) is 4.60. The lowest BCUT2D eigenvalue weighted by Crippen LogP contribution is -2.07. The molecule has 0 aliphatic heterocycles. The lowest BCUT2D eigenvalue weighted by atomic mass is 9.99. The second-order valence-corrected chi connectivity index (χ2v) is 5.53. The molecule has 2 rings (SSSR count). The van der Waals surface area contributed by atoms with E-state index < -0.39 is 0 Å². The van der Waals surface area contributed by atoms with Crippen LogP contribution in [0.15, 0.2) is 27.1 Å². The standard InChI is InChI=1S/C16H17BrO3/c1-5-19-14-7-6-12(17)8-13(14)16(18)15-9(2)10(3)20-11(15)4/h6-8H,5H2,1-4H3. The van der Waals surface area contributed by atoms with E-state index in [0.29, 0.717) is 29.2 Å². The van der Waals surface area contributed by atoms with Crippen LogP contribution in [-0.2, 0) is 0 Å². The van der Waals surface area contributed by atoms with Gasteiger partial charge in [0.05, 0.1) is 17.7 Å². The number of ether oxygens (including phenoxy) is 1. The zero-order chi connectivity index (χ0) is 14.9. The fourth-order valence-corrected chi connectivity index (χ4v) is 2.58. The molecule has 0 unspecified atom stereocenters. The van der Waals surface area contributed by atoms with Crippen LogP contribution in [0.1, 0.15) is 39.9 Å². The molecule has 0 bridgehead atoms. The summed E-state index contributed by atoms with van der Waals surface area (Å²) in [6.45, 7) is 7.99. The summed E-state index contributed by atoms with van der Waals surface area (Å²) in [5.41, 5.74) is 2.06. The Morgan fingerprint density at radius 1 is 1.25 bits per heavy atom. The zero-order valence-corrected chi connectivity index (χ0v) is 13.6. The van der Waals surface area contributed by atoms with Crippen LogP contribution in [0.5, 0.6) is 5.75 Å². The fourth-order valence-electron chi connectivity index (χ4n) is 2.22. The molecule has 1 aromatic heterocycles. The molecule has 0 saturated carbocycles. The van der Waals surface area contributed by atoms with E-state index in [-0.39, 0.29) is 5.78 Å². The number of ketones is 1. The number of carbonyl (C=O) groups is 1. The molecule has 0 aliphatic rings. The minimum atomic E-state index is -0.0680. The van der Waals surface area contributed by atoms with Gasteiger partial charge in [-0.1, -0.05) is 15.9 Å². The summed E-state index contributed by atoms with van der Waals surface area (Å²) in [4.78, 5) is 12.8. The fraction of sp³-hybridized carbons (Fsp3) is 0.312. The van der Waals surface area contributed by atoms with E-state index >= 15 is 0 Å². The van der Waals surface area contributed by atoms with Gasteiger partial charge in [-0.3, -0.25) is 4.79 Å². The van der Waals surface area contributed by atoms with Crippen LogP contribution in [0.2, 0.25) is 0 Å².